The zero-order valence-corrected chi connectivity index (χ0v) is 20.6. The van der Waals surface area contributed by atoms with Crippen molar-refractivity contribution in [2.75, 3.05) is 30.4 Å². The maximum absolute atomic E-state index is 11.4. The van der Waals surface area contributed by atoms with Crippen molar-refractivity contribution in [3.05, 3.63) is 59.6 Å². The van der Waals surface area contributed by atoms with Crippen molar-refractivity contribution < 1.29 is 14.3 Å². The van der Waals surface area contributed by atoms with Gasteiger partial charge in [-0.3, -0.25) is 9.48 Å². The van der Waals surface area contributed by atoms with Crippen molar-refractivity contribution in [3.8, 4) is 22.6 Å². The third-order valence-corrected chi connectivity index (χ3v) is 7.00. The lowest BCUT2D eigenvalue weighted by molar-refractivity contribution is -0.119. The number of hydrogen-bond donors (Lipinski definition) is 3. The Balaban J connectivity index is 1.25. The van der Waals surface area contributed by atoms with Crippen LogP contribution < -0.4 is 25.4 Å². The van der Waals surface area contributed by atoms with Crippen LogP contribution in [-0.2, 0) is 11.8 Å². The van der Waals surface area contributed by atoms with Crippen LogP contribution in [0, 0.1) is 0 Å². The van der Waals surface area contributed by atoms with Gasteiger partial charge in [-0.1, -0.05) is 29.8 Å². The van der Waals surface area contributed by atoms with Gasteiger partial charge in [-0.05, 0) is 48.4 Å². The molecule has 2 aliphatic heterocycles. The Labute approximate surface area is 213 Å². The number of aromatic nitrogens is 2. The predicted octanol–water partition coefficient (Wildman–Crippen LogP) is 5.10. The molecule has 1 amide bonds. The average molecular weight is 504 g/mol. The van der Waals surface area contributed by atoms with Gasteiger partial charge in [-0.15, -0.1) is 0 Å². The van der Waals surface area contributed by atoms with Gasteiger partial charge in [0, 0.05) is 42.7 Å². The molecule has 1 saturated heterocycles. The predicted molar refractivity (Wildman–Crippen MR) is 142 cm³/mol. The lowest BCUT2D eigenvalue weighted by Gasteiger charge is -2.19. The summed E-state index contributed by atoms with van der Waals surface area (Å²) in [7, 11) is 1.92. The molecule has 0 bridgehead atoms. The number of nitrogens with one attached hydrogen (secondary N) is 3. The van der Waals surface area contributed by atoms with Gasteiger partial charge in [-0.2, -0.15) is 5.10 Å². The summed E-state index contributed by atoms with van der Waals surface area (Å²) in [6.45, 7) is 1.79. The van der Waals surface area contributed by atoms with Crippen LogP contribution in [-0.4, -0.2) is 41.5 Å². The molecule has 9 heteroatoms. The summed E-state index contributed by atoms with van der Waals surface area (Å²) in [5.74, 6) is 2.32. The third-order valence-electron chi connectivity index (χ3n) is 6.59. The van der Waals surface area contributed by atoms with E-state index in [1.165, 1.54) is 0 Å². The lowest BCUT2D eigenvalue weighted by atomic mass is 10.0. The van der Waals surface area contributed by atoms with Gasteiger partial charge < -0.3 is 25.4 Å². The fourth-order valence-electron chi connectivity index (χ4n) is 4.72. The molecule has 4 aromatic rings. The van der Waals surface area contributed by atoms with Crippen LogP contribution in [0.1, 0.15) is 12.8 Å². The molecular weight excluding hydrogens is 478 g/mol. The zero-order chi connectivity index (χ0) is 24.6. The number of amides is 1. The van der Waals surface area contributed by atoms with Crippen LogP contribution in [0.25, 0.3) is 22.0 Å². The second-order valence-electron chi connectivity index (χ2n) is 9.04. The van der Waals surface area contributed by atoms with E-state index in [-0.39, 0.29) is 11.9 Å². The molecule has 0 radical (unpaired) electrons. The van der Waals surface area contributed by atoms with Crippen molar-refractivity contribution in [2.24, 2.45) is 7.05 Å². The summed E-state index contributed by atoms with van der Waals surface area (Å²) in [5.41, 5.74) is 4.58. The number of aryl methyl sites for hydroxylation is 1. The van der Waals surface area contributed by atoms with Gasteiger partial charge in [0.15, 0.2) is 17.3 Å². The third kappa shape index (κ3) is 4.28. The minimum atomic E-state index is 0.122. The number of halogens is 1. The Morgan fingerprint density at radius 2 is 1.97 bits per heavy atom. The molecule has 3 heterocycles. The first-order chi connectivity index (χ1) is 17.5. The summed E-state index contributed by atoms with van der Waals surface area (Å²) in [5, 5.41) is 16.1. The van der Waals surface area contributed by atoms with E-state index in [0.29, 0.717) is 31.2 Å². The molecule has 184 valence electrons. The number of hydrogen-bond acceptors (Lipinski definition) is 6. The van der Waals surface area contributed by atoms with E-state index >= 15 is 0 Å². The second-order valence-corrected chi connectivity index (χ2v) is 9.42. The normalized spacial score (nSPS) is 16.7. The quantitative estimate of drug-likeness (QED) is 0.339. The number of benzene rings is 3. The van der Waals surface area contributed by atoms with E-state index in [9.17, 15) is 4.79 Å². The number of carbonyl (C=O) groups is 1. The van der Waals surface area contributed by atoms with Gasteiger partial charge in [0.05, 0.1) is 16.2 Å². The number of ether oxygens (including phenoxy) is 2. The van der Waals surface area contributed by atoms with Crippen LogP contribution in [0.5, 0.6) is 11.5 Å². The highest BCUT2D eigenvalue weighted by atomic mass is 35.5. The van der Waals surface area contributed by atoms with E-state index in [4.69, 9.17) is 26.2 Å². The summed E-state index contributed by atoms with van der Waals surface area (Å²) < 4.78 is 13.2. The molecule has 8 nitrogen and oxygen atoms in total. The van der Waals surface area contributed by atoms with Crippen molar-refractivity contribution in [1.29, 1.82) is 0 Å². The second kappa shape index (κ2) is 9.28. The molecule has 0 spiro atoms. The van der Waals surface area contributed by atoms with Crippen molar-refractivity contribution in [3.63, 3.8) is 0 Å². The van der Waals surface area contributed by atoms with Gasteiger partial charge in [0.1, 0.15) is 13.2 Å². The summed E-state index contributed by atoms with van der Waals surface area (Å²) in [6, 6.07) is 18.1. The molecule has 36 heavy (non-hydrogen) atoms. The standard InChI is InChI=1S/C27H26ClN5O3/c1-33-22-14-17(29-15-18-7-10-25(34)30-18)6-8-20(22)27(32-33)31-21-4-2-3-19(26(21)28)16-5-9-23-24(13-16)36-12-11-35-23/h2-6,8-9,13-14,18,29H,7,10-12,15H2,1H3,(H,30,34)(H,31,32)/t18-/m0/s1. The first-order valence-corrected chi connectivity index (χ1v) is 12.4. The lowest BCUT2D eigenvalue weighted by Crippen LogP contribution is -2.31. The SMILES string of the molecule is Cn1nc(Nc2cccc(-c3ccc4c(c3)OCCO4)c2Cl)c2ccc(NC[C@@H]3CCC(=O)N3)cc21. The maximum Gasteiger partial charge on any atom is 0.220 e. The van der Waals surface area contributed by atoms with Crippen LogP contribution in [0.15, 0.2) is 54.6 Å². The fraction of sp³-hybridized carbons (Fsp3) is 0.259. The van der Waals surface area contributed by atoms with Crippen LogP contribution in [0.2, 0.25) is 5.02 Å². The fourth-order valence-corrected chi connectivity index (χ4v) is 5.00. The van der Waals surface area contributed by atoms with Crippen LogP contribution in [0.4, 0.5) is 17.2 Å². The molecule has 3 N–H and O–H groups in total. The topological polar surface area (TPSA) is 89.4 Å². The Morgan fingerprint density at radius 1 is 1.11 bits per heavy atom. The Bertz CT molecular complexity index is 1470. The number of carbonyl (C=O) groups excluding carboxylic acids is 1. The molecule has 0 unspecified atom stereocenters. The van der Waals surface area contributed by atoms with Gasteiger partial charge >= 0.3 is 0 Å². The highest BCUT2D eigenvalue weighted by molar-refractivity contribution is 6.36. The largest absolute Gasteiger partial charge is 0.486 e. The molecule has 3 aromatic carbocycles. The van der Waals surface area contributed by atoms with Crippen molar-refractivity contribution in [1.82, 2.24) is 15.1 Å². The molecule has 2 aliphatic rings. The summed E-state index contributed by atoms with van der Waals surface area (Å²) >= 11 is 6.86. The molecule has 1 aromatic heterocycles. The molecular formula is C27H26ClN5O3. The molecule has 0 aliphatic carbocycles. The summed E-state index contributed by atoms with van der Waals surface area (Å²) in [4.78, 5) is 11.4. The minimum Gasteiger partial charge on any atom is -0.486 e. The van der Waals surface area contributed by atoms with E-state index in [1.54, 1.807) is 0 Å². The minimum absolute atomic E-state index is 0.122. The molecule has 1 fully saturated rings. The monoisotopic (exact) mass is 503 g/mol. The highest BCUT2D eigenvalue weighted by Crippen LogP contribution is 2.40. The Hall–Kier alpha value is -3.91. The van der Waals surface area contributed by atoms with Gasteiger partial charge in [-0.25, -0.2) is 0 Å². The van der Waals surface area contributed by atoms with E-state index in [0.717, 1.165) is 57.1 Å². The van der Waals surface area contributed by atoms with Crippen molar-refractivity contribution >= 4 is 45.6 Å². The van der Waals surface area contributed by atoms with E-state index in [2.05, 4.69) is 22.0 Å². The van der Waals surface area contributed by atoms with Crippen LogP contribution >= 0.6 is 11.6 Å². The first-order valence-electron chi connectivity index (χ1n) is 12.0. The maximum atomic E-state index is 11.4. The van der Waals surface area contributed by atoms with Crippen LogP contribution in [0.3, 0.4) is 0 Å². The highest BCUT2D eigenvalue weighted by Gasteiger charge is 2.20. The number of rotatable bonds is 6. The molecule has 6 rings (SSSR count). The zero-order valence-electron chi connectivity index (χ0n) is 19.8. The number of anilines is 3. The van der Waals surface area contributed by atoms with Crippen molar-refractivity contribution in [2.45, 2.75) is 18.9 Å². The van der Waals surface area contributed by atoms with Gasteiger partial charge in [0.25, 0.3) is 0 Å². The average Bonchev–Trinajstić information content (AvgIpc) is 3.45. The molecule has 1 atom stereocenters. The van der Waals surface area contributed by atoms with E-state index in [1.807, 2.05) is 60.3 Å². The van der Waals surface area contributed by atoms with E-state index < -0.39 is 0 Å². The first kappa shape index (κ1) is 22.5. The smallest absolute Gasteiger partial charge is 0.220 e. The Kier molecular flexibility index (Phi) is 5.81. The van der Waals surface area contributed by atoms with Gasteiger partial charge in [0.2, 0.25) is 5.91 Å². The number of fused-ring (bicyclic) bond motifs is 2. The number of nitrogens with zero attached hydrogens (tertiary/aromatic N) is 2. The molecule has 0 saturated carbocycles. The Morgan fingerprint density at radius 3 is 2.81 bits per heavy atom. The summed E-state index contributed by atoms with van der Waals surface area (Å²) in [6.07, 6.45) is 1.46.